The predicted molar refractivity (Wildman–Crippen MR) is 81.0 cm³/mol. The largest absolute Gasteiger partial charge is 0.289 e. The minimum atomic E-state index is -0.198. The molecule has 0 N–H and O–H groups in total. The van der Waals surface area contributed by atoms with Crippen LogP contribution >= 0.6 is 23.2 Å². The highest BCUT2D eigenvalue weighted by molar-refractivity contribution is 6.37. The van der Waals surface area contributed by atoms with Crippen LogP contribution in [0.3, 0.4) is 0 Å². The first-order valence-electron chi connectivity index (χ1n) is 5.78. The van der Waals surface area contributed by atoms with Gasteiger partial charge in [-0.05, 0) is 42.0 Å². The van der Waals surface area contributed by atoms with Crippen LogP contribution in [0.15, 0.2) is 48.5 Å². The molecule has 0 saturated carbocycles. The lowest BCUT2D eigenvalue weighted by molar-refractivity contribution is 0.104. The van der Waals surface area contributed by atoms with Crippen LogP contribution in [-0.4, -0.2) is 5.78 Å². The third kappa shape index (κ3) is 3.48. The number of ketones is 1. The Balaban J connectivity index is 2.18. The number of rotatable bonds is 3. The van der Waals surface area contributed by atoms with E-state index < -0.39 is 0 Å². The van der Waals surface area contributed by atoms with E-state index in [1.54, 1.807) is 42.5 Å². The summed E-state index contributed by atoms with van der Waals surface area (Å²) in [6.45, 7) is 0. The molecule has 0 amide bonds. The highest BCUT2D eigenvalue weighted by atomic mass is 35.5. The van der Waals surface area contributed by atoms with E-state index in [2.05, 4.69) is 0 Å². The van der Waals surface area contributed by atoms with Gasteiger partial charge in [-0.2, -0.15) is 5.26 Å². The normalized spacial score (nSPS) is 10.4. The molecule has 0 aliphatic heterocycles. The SMILES string of the molecule is N#Cc1ccc(C=CC(=O)c2ccc(Cl)cc2Cl)cc1. The van der Waals surface area contributed by atoms with Gasteiger partial charge in [0.1, 0.15) is 0 Å². The zero-order valence-corrected chi connectivity index (χ0v) is 11.8. The Kier molecular flexibility index (Phi) is 4.57. The summed E-state index contributed by atoms with van der Waals surface area (Å²) in [6.07, 6.45) is 3.12. The van der Waals surface area contributed by atoms with Crippen LogP contribution in [0.2, 0.25) is 10.0 Å². The lowest BCUT2D eigenvalue weighted by Crippen LogP contribution is -1.95. The molecule has 0 heterocycles. The van der Waals surface area contributed by atoms with Gasteiger partial charge in [0, 0.05) is 10.6 Å². The Morgan fingerprint density at radius 2 is 1.80 bits per heavy atom. The quantitative estimate of drug-likeness (QED) is 0.606. The van der Waals surface area contributed by atoms with Gasteiger partial charge >= 0.3 is 0 Å². The molecule has 0 unspecified atom stereocenters. The molecular formula is C16H9Cl2NO. The van der Waals surface area contributed by atoms with Crippen LogP contribution in [-0.2, 0) is 0 Å². The maximum Gasteiger partial charge on any atom is 0.187 e. The van der Waals surface area contributed by atoms with Crippen LogP contribution in [0.1, 0.15) is 21.5 Å². The fourth-order valence-electron chi connectivity index (χ4n) is 1.62. The van der Waals surface area contributed by atoms with Crippen LogP contribution in [0, 0.1) is 11.3 Å². The molecule has 0 spiro atoms. The first kappa shape index (κ1) is 14.3. The van der Waals surface area contributed by atoms with Crippen molar-refractivity contribution in [3.05, 3.63) is 75.3 Å². The molecule has 4 heteroatoms. The van der Waals surface area contributed by atoms with Crippen LogP contribution in [0.4, 0.5) is 0 Å². The molecule has 20 heavy (non-hydrogen) atoms. The van der Waals surface area contributed by atoms with Gasteiger partial charge in [-0.25, -0.2) is 0 Å². The topological polar surface area (TPSA) is 40.9 Å². The number of nitrogens with zero attached hydrogens (tertiary/aromatic N) is 1. The second-order valence-electron chi connectivity index (χ2n) is 4.06. The van der Waals surface area contributed by atoms with Crippen LogP contribution in [0.25, 0.3) is 6.08 Å². The minimum absolute atomic E-state index is 0.198. The van der Waals surface area contributed by atoms with Crippen molar-refractivity contribution in [2.75, 3.05) is 0 Å². The molecule has 0 aliphatic rings. The van der Waals surface area contributed by atoms with Gasteiger partial charge in [-0.1, -0.05) is 41.4 Å². The zero-order valence-electron chi connectivity index (χ0n) is 10.3. The van der Waals surface area contributed by atoms with E-state index in [1.165, 1.54) is 12.1 Å². The number of halogens is 2. The summed E-state index contributed by atoms with van der Waals surface area (Å²) in [5.74, 6) is -0.198. The molecule has 0 fully saturated rings. The van der Waals surface area contributed by atoms with Crippen molar-refractivity contribution in [3.63, 3.8) is 0 Å². The number of benzene rings is 2. The minimum Gasteiger partial charge on any atom is -0.289 e. The summed E-state index contributed by atoms with van der Waals surface area (Å²) in [4.78, 5) is 12.0. The fraction of sp³-hybridized carbons (Fsp3) is 0. The Labute approximate surface area is 126 Å². The Morgan fingerprint density at radius 3 is 2.40 bits per heavy atom. The zero-order chi connectivity index (χ0) is 14.5. The van der Waals surface area contributed by atoms with Gasteiger partial charge in [0.25, 0.3) is 0 Å². The summed E-state index contributed by atoms with van der Waals surface area (Å²) < 4.78 is 0. The molecule has 2 nitrogen and oxygen atoms in total. The average molecular weight is 302 g/mol. The van der Waals surface area contributed by atoms with E-state index in [0.717, 1.165) is 5.56 Å². The molecule has 0 aromatic heterocycles. The third-order valence-electron chi connectivity index (χ3n) is 2.66. The van der Waals surface area contributed by atoms with Gasteiger partial charge in [0.05, 0.1) is 16.7 Å². The van der Waals surface area contributed by atoms with Gasteiger partial charge in [0.15, 0.2) is 5.78 Å². The van der Waals surface area contributed by atoms with Gasteiger partial charge < -0.3 is 0 Å². The lowest BCUT2D eigenvalue weighted by Gasteiger charge is -2.00. The van der Waals surface area contributed by atoms with Gasteiger partial charge in [0.2, 0.25) is 0 Å². The number of carbonyl (C=O) groups excluding carboxylic acids is 1. The van der Waals surface area contributed by atoms with Crippen molar-refractivity contribution in [3.8, 4) is 6.07 Å². The summed E-state index contributed by atoms with van der Waals surface area (Å²) in [7, 11) is 0. The molecule has 0 atom stereocenters. The average Bonchev–Trinajstić information content (AvgIpc) is 2.45. The Bertz CT molecular complexity index is 712. The number of hydrogen-bond acceptors (Lipinski definition) is 2. The second kappa shape index (κ2) is 6.38. The number of nitriles is 1. The first-order valence-corrected chi connectivity index (χ1v) is 6.53. The highest BCUT2D eigenvalue weighted by Gasteiger charge is 2.07. The Morgan fingerprint density at radius 1 is 1.10 bits per heavy atom. The molecule has 0 saturated heterocycles. The van der Waals surface area contributed by atoms with Crippen molar-refractivity contribution >= 4 is 35.1 Å². The van der Waals surface area contributed by atoms with E-state index in [4.69, 9.17) is 28.5 Å². The fourth-order valence-corrected chi connectivity index (χ4v) is 2.12. The predicted octanol–water partition coefficient (Wildman–Crippen LogP) is 4.76. The summed E-state index contributed by atoms with van der Waals surface area (Å²) in [5, 5.41) is 9.52. The van der Waals surface area contributed by atoms with Crippen LogP contribution in [0.5, 0.6) is 0 Å². The lowest BCUT2D eigenvalue weighted by atomic mass is 10.1. The van der Waals surface area contributed by atoms with E-state index in [0.29, 0.717) is 21.2 Å². The number of hydrogen-bond donors (Lipinski definition) is 0. The monoisotopic (exact) mass is 301 g/mol. The third-order valence-corrected chi connectivity index (χ3v) is 3.21. The van der Waals surface area contributed by atoms with Crippen molar-refractivity contribution < 1.29 is 4.79 Å². The van der Waals surface area contributed by atoms with Crippen LogP contribution < -0.4 is 0 Å². The maximum atomic E-state index is 12.0. The second-order valence-corrected chi connectivity index (χ2v) is 4.90. The van der Waals surface area contributed by atoms with E-state index in [-0.39, 0.29) is 5.78 Å². The molecule has 2 aromatic rings. The van der Waals surface area contributed by atoms with E-state index >= 15 is 0 Å². The molecule has 0 radical (unpaired) electrons. The molecule has 2 aromatic carbocycles. The molecule has 98 valence electrons. The molecule has 0 bridgehead atoms. The smallest absolute Gasteiger partial charge is 0.187 e. The maximum absolute atomic E-state index is 12.0. The van der Waals surface area contributed by atoms with E-state index in [9.17, 15) is 4.79 Å². The first-order chi connectivity index (χ1) is 9.60. The highest BCUT2D eigenvalue weighted by Crippen LogP contribution is 2.21. The van der Waals surface area contributed by atoms with Crippen molar-refractivity contribution in [2.24, 2.45) is 0 Å². The van der Waals surface area contributed by atoms with Gasteiger partial charge in [-0.15, -0.1) is 0 Å². The standard InChI is InChI=1S/C16H9Cl2NO/c17-13-6-7-14(15(18)9-13)16(20)8-5-11-1-3-12(10-19)4-2-11/h1-9H. The van der Waals surface area contributed by atoms with Crippen molar-refractivity contribution in [2.45, 2.75) is 0 Å². The molecule has 0 aliphatic carbocycles. The Hall–Kier alpha value is -2.08. The summed E-state index contributed by atoms with van der Waals surface area (Å²) in [5.41, 5.74) is 1.82. The van der Waals surface area contributed by atoms with E-state index in [1.807, 2.05) is 6.07 Å². The molecular weight excluding hydrogens is 293 g/mol. The summed E-state index contributed by atoms with van der Waals surface area (Å²) in [6, 6.07) is 13.7. The number of carbonyl (C=O) groups is 1. The van der Waals surface area contributed by atoms with Gasteiger partial charge in [-0.3, -0.25) is 4.79 Å². The van der Waals surface area contributed by atoms with Crippen molar-refractivity contribution in [1.29, 1.82) is 5.26 Å². The van der Waals surface area contributed by atoms with Crippen molar-refractivity contribution in [1.82, 2.24) is 0 Å². The summed E-state index contributed by atoms with van der Waals surface area (Å²) >= 11 is 11.8. The molecule has 2 rings (SSSR count). The number of allylic oxidation sites excluding steroid dienone is 1.